The summed E-state index contributed by atoms with van der Waals surface area (Å²) in [5, 5.41) is 15.1. The van der Waals surface area contributed by atoms with E-state index < -0.39 is 5.54 Å². The van der Waals surface area contributed by atoms with E-state index in [-0.39, 0.29) is 12.5 Å². The maximum atomic E-state index is 12.2. The number of anilines is 1. The van der Waals surface area contributed by atoms with Crippen molar-refractivity contribution in [3.8, 4) is 0 Å². The predicted octanol–water partition coefficient (Wildman–Crippen LogP) is 1.69. The van der Waals surface area contributed by atoms with Crippen molar-refractivity contribution < 1.29 is 9.90 Å². The third-order valence-electron chi connectivity index (χ3n) is 3.68. The average molecular weight is 262 g/mol. The van der Waals surface area contributed by atoms with Gasteiger partial charge in [0.25, 0.3) is 0 Å². The summed E-state index contributed by atoms with van der Waals surface area (Å²) >= 11 is 0. The summed E-state index contributed by atoms with van der Waals surface area (Å²) in [4.78, 5) is 12.2. The van der Waals surface area contributed by atoms with Crippen molar-refractivity contribution >= 4 is 11.6 Å². The van der Waals surface area contributed by atoms with Gasteiger partial charge in [0.15, 0.2) is 0 Å². The second-order valence-corrected chi connectivity index (χ2v) is 5.34. The van der Waals surface area contributed by atoms with Crippen LogP contribution in [0.3, 0.4) is 0 Å². The Morgan fingerprint density at radius 1 is 1.53 bits per heavy atom. The number of hydrogen-bond donors (Lipinski definition) is 3. The Morgan fingerprint density at radius 3 is 3.05 bits per heavy atom. The van der Waals surface area contributed by atoms with E-state index in [9.17, 15) is 4.79 Å². The summed E-state index contributed by atoms with van der Waals surface area (Å²) in [6.07, 6.45) is 3.50. The first-order valence-electron chi connectivity index (χ1n) is 6.90. The fraction of sp³-hybridized carbons (Fsp3) is 0.533. The maximum Gasteiger partial charge on any atom is 0.244 e. The number of aryl methyl sites for hydroxylation is 1. The third kappa shape index (κ3) is 3.55. The summed E-state index contributed by atoms with van der Waals surface area (Å²) in [5.74, 6) is 0.0318. The summed E-state index contributed by atoms with van der Waals surface area (Å²) in [6.45, 7) is 3.05. The molecule has 1 saturated heterocycles. The molecule has 2 rings (SSSR count). The van der Waals surface area contributed by atoms with Gasteiger partial charge in [0, 0.05) is 12.3 Å². The van der Waals surface area contributed by atoms with Crippen molar-refractivity contribution in [2.75, 3.05) is 18.5 Å². The highest BCUT2D eigenvalue weighted by molar-refractivity contribution is 5.98. The summed E-state index contributed by atoms with van der Waals surface area (Å²) in [5.41, 5.74) is 1.52. The van der Waals surface area contributed by atoms with E-state index in [4.69, 9.17) is 5.11 Å². The molecule has 0 aliphatic carbocycles. The maximum absolute atomic E-state index is 12.2. The normalized spacial score (nSPS) is 22.4. The molecule has 3 N–H and O–H groups in total. The molecule has 104 valence electrons. The zero-order valence-corrected chi connectivity index (χ0v) is 11.4. The fourth-order valence-electron chi connectivity index (χ4n) is 2.45. The van der Waals surface area contributed by atoms with Crippen LogP contribution in [0.5, 0.6) is 0 Å². The minimum absolute atomic E-state index is 0.0318. The Hall–Kier alpha value is -1.39. The first kappa shape index (κ1) is 14.0. The number of aliphatic hydroxyl groups excluding tert-OH is 1. The van der Waals surface area contributed by atoms with Gasteiger partial charge in [-0.1, -0.05) is 12.1 Å². The smallest absolute Gasteiger partial charge is 0.244 e. The van der Waals surface area contributed by atoms with Crippen molar-refractivity contribution in [2.45, 2.75) is 38.1 Å². The molecule has 1 aliphatic heterocycles. The van der Waals surface area contributed by atoms with Gasteiger partial charge in [-0.25, -0.2) is 0 Å². The van der Waals surface area contributed by atoms with Crippen LogP contribution in [0.15, 0.2) is 24.3 Å². The molecule has 1 amide bonds. The number of amides is 1. The lowest BCUT2D eigenvalue weighted by Gasteiger charge is -2.23. The zero-order chi connectivity index (χ0) is 13.7. The quantitative estimate of drug-likeness (QED) is 0.757. The van der Waals surface area contributed by atoms with Gasteiger partial charge >= 0.3 is 0 Å². The summed E-state index contributed by atoms with van der Waals surface area (Å²) < 4.78 is 0. The number of hydrogen-bond acceptors (Lipinski definition) is 3. The van der Waals surface area contributed by atoms with Gasteiger partial charge in [-0.3, -0.25) is 4.79 Å². The number of benzene rings is 1. The molecule has 1 aliphatic rings. The topological polar surface area (TPSA) is 61.4 Å². The van der Waals surface area contributed by atoms with Crippen LogP contribution < -0.4 is 10.6 Å². The molecular formula is C15H22N2O2. The standard InChI is InChI=1S/C15H22N2O2/c1-15(8-4-9-16-15)14(19)17-13-7-2-5-12(11-13)6-3-10-18/h2,5,7,11,16,18H,3-4,6,8-10H2,1H3,(H,17,19). The monoisotopic (exact) mass is 262 g/mol. The Morgan fingerprint density at radius 2 is 2.37 bits per heavy atom. The number of aliphatic hydroxyl groups is 1. The zero-order valence-electron chi connectivity index (χ0n) is 11.4. The molecule has 1 atom stereocenters. The Kier molecular flexibility index (Phi) is 4.56. The molecule has 19 heavy (non-hydrogen) atoms. The number of carbonyl (C=O) groups is 1. The molecule has 1 aromatic carbocycles. The molecule has 0 bridgehead atoms. The van der Waals surface area contributed by atoms with Crippen molar-refractivity contribution in [3.63, 3.8) is 0 Å². The highest BCUT2D eigenvalue weighted by Gasteiger charge is 2.35. The molecule has 1 heterocycles. The van der Waals surface area contributed by atoms with E-state index in [1.54, 1.807) is 0 Å². The fourth-order valence-corrected chi connectivity index (χ4v) is 2.45. The van der Waals surface area contributed by atoms with Gasteiger partial charge in [-0.15, -0.1) is 0 Å². The van der Waals surface area contributed by atoms with E-state index in [1.807, 2.05) is 31.2 Å². The van der Waals surface area contributed by atoms with E-state index in [0.29, 0.717) is 0 Å². The molecule has 4 heteroatoms. The van der Waals surface area contributed by atoms with Crippen LogP contribution in [-0.4, -0.2) is 29.7 Å². The van der Waals surface area contributed by atoms with Crippen LogP contribution in [0, 0.1) is 0 Å². The Balaban J connectivity index is 2.00. The highest BCUT2D eigenvalue weighted by atomic mass is 16.2. The molecule has 0 saturated carbocycles. The number of rotatable bonds is 5. The van der Waals surface area contributed by atoms with Gasteiger partial charge in [0.05, 0.1) is 5.54 Å². The van der Waals surface area contributed by atoms with Crippen molar-refractivity contribution in [3.05, 3.63) is 29.8 Å². The van der Waals surface area contributed by atoms with Crippen LogP contribution in [0.1, 0.15) is 31.7 Å². The van der Waals surface area contributed by atoms with E-state index in [0.717, 1.165) is 43.5 Å². The number of nitrogens with one attached hydrogen (secondary N) is 2. The molecule has 0 radical (unpaired) electrons. The van der Waals surface area contributed by atoms with E-state index in [1.165, 1.54) is 0 Å². The molecule has 4 nitrogen and oxygen atoms in total. The minimum atomic E-state index is -0.443. The van der Waals surface area contributed by atoms with Gasteiger partial charge in [0.1, 0.15) is 0 Å². The van der Waals surface area contributed by atoms with Gasteiger partial charge < -0.3 is 15.7 Å². The van der Waals surface area contributed by atoms with Crippen LogP contribution >= 0.6 is 0 Å². The first-order chi connectivity index (χ1) is 9.14. The molecule has 1 fully saturated rings. The van der Waals surface area contributed by atoms with Gasteiger partial charge in [0.2, 0.25) is 5.91 Å². The lowest BCUT2D eigenvalue weighted by molar-refractivity contribution is -0.121. The SMILES string of the molecule is CC1(C(=O)Nc2cccc(CCCO)c2)CCCN1. The average Bonchev–Trinajstić information content (AvgIpc) is 2.85. The largest absolute Gasteiger partial charge is 0.396 e. The van der Waals surface area contributed by atoms with Gasteiger partial charge in [-0.05, 0) is 56.8 Å². The van der Waals surface area contributed by atoms with E-state index >= 15 is 0 Å². The predicted molar refractivity (Wildman–Crippen MR) is 76.1 cm³/mol. The van der Waals surface area contributed by atoms with Crippen LogP contribution in [0.25, 0.3) is 0 Å². The molecular weight excluding hydrogens is 240 g/mol. The first-order valence-corrected chi connectivity index (χ1v) is 6.90. The minimum Gasteiger partial charge on any atom is -0.396 e. The summed E-state index contributed by atoms with van der Waals surface area (Å²) in [7, 11) is 0. The molecule has 0 aromatic heterocycles. The van der Waals surface area contributed by atoms with Crippen LogP contribution in [0.2, 0.25) is 0 Å². The third-order valence-corrected chi connectivity index (χ3v) is 3.68. The lowest BCUT2D eigenvalue weighted by Crippen LogP contribution is -2.47. The van der Waals surface area contributed by atoms with Crippen LogP contribution in [-0.2, 0) is 11.2 Å². The Bertz CT molecular complexity index is 440. The second-order valence-electron chi connectivity index (χ2n) is 5.34. The number of carbonyl (C=O) groups excluding carboxylic acids is 1. The van der Waals surface area contributed by atoms with Gasteiger partial charge in [-0.2, -0.15) is 0 Å². The highest BCUT2D eigenvalue weighted by Crippen LogP contribution is 2.21. The molecule has 1 aromatic rings. The molecule has 1 unspecified atom stereocenters. The van der Waals surface area contributed by atoms with Crippen molar-refractivity contribution in [1.82, 2.24) is 5.32 Å². The lowest BCUT2D eigenvalue weighted by atomic mass is 9.99. The van der Waals surface area contributed by atoms with Crippen LogP contribution in [0.4, 0.5) is 5.69 Å². The van der Waals surface area contributed by atoms with E-state index in [2.05, 4.69) is 10.6 Å². The van der Waals surface area contributed by atoms with Crippen molar-refractivity contribution in [2.24, 2.45) is 0 Å². The summed E-state index contributed by atoms with van der Waals surface area (Å²) in [6, 6.07) is 7.83. The Labute approximate surface area is 114 Å². The molecule has 0 spiro atoms. The second kappa shape index (κ2) is 6.17. The van der Waals surface area contributed by atoms with Crippen molar-refractivity contribution in [1.29, 1.82) is 0 Å².